The summed E-state index contributed by atoms with van der Waals surface area (Å²) in [6.45, 7) is 0.958. The Labute approximate surface area is 55.7 Å². The fraction of sp³-hybridized carbons (Fsp3) is 0.500. The van der Waals surface area contributed by atoms with E-state index in [2.05, 4.69) is 10.2 Å². The second-order valence-electron chi connectivity index (χ2n) is 1.43. The van der Waals surface area contributed by atoms with Gasteiger partial charge in [0, 0.05) is 19.4 Å². The van der Waals surface area contributed by atoms with Gasteiger partial charge in [-0.25, -0.2) is 0 Å². The zero-order valence-electron chi connectivity index (χ0n) is 3.81. The summed E-state index contributed by atoms with van der Waals surface area (Å²) in [4.78, 5) is 2.07. The zero-order valence-corrected chi connectivity index (χ0v) is 3.81. The summed E-state index contributed by atoms with van der Waals surface area (Å²) < 4.78 is 0. The monoisotopic (exact) mass is 92.1 g/mol. The number of nitrogens with one attached hydrogen (secondary N) is 1. The Hall–Kier alpha value is -0.0626. The minimum absolute atomic E-state index is 0. The van der Waals surface area contributed by atoms with Crippen molar-refractivity contribution in [1.82, 2.24) is 10.2 Å². The molecule has 1 rings (SSSR count). The minimum atomic E-state index is 0. The molecular weight excluding hydrogens is 83.0 g/mol. The summed E-state index contributed by atoms with van der Waals surface area (Å²) >= 11 is 0. The summed E-state index contributed by atoms with van der Waals surface area (Å²) in [5.74, 6) is 0. The van der Waals surface area contributed by atoms with Crippen LogP contribution in [0.5, 0.6) is 0 Å². The normalized spacial score (nSPS) is 15.9. The molecule has 0 aromatic carbocycles. The van der Waals surface area contributed by atoms with Gasteiger partial charge in [0.15, 0.2) is 0 Å². The van der Waals surface area contributed by atoms with Gasteiger partial charge in [-0.05, 0) is 0 Å². The number of rotatable bonds is 0. The molecule has 0 bridgehead atoms. The predicted molar refractivity (Wildman–Crippen MR) is 32.1 cm³/mol. The molecular formula is C4H9LiN2. The van der Waals surface area contributed by atoms with Gasteiger partial charge in [0.1, 0.15) is 0 Å². The molecule has 0 spiro atoms. The quantitative estimate of drug-likeness (QED) is 0.397. The molecule has 2 nitrogen and oxygen atoms in total. The van der Waals surface area contributed by atoms with Crippen molar-refractivity contribution in [3.8, 4) is 0 Å². The molecule has 0 saturated carbocycles. The average Bonchev–Trinajstić information content (AvgIpc) is 1.86. The first kappa shape index (κ1) is 6.94. The number of nitrogens with zero attached hydrogens (tertiary/aromatic N) is 1. The van der Waals surface area contributed by atoms with Crippen molar-refractivity contribution in [2.45, 2.75) is 0 Å². The van der Waals surface area contributed by atoms with E-state index in [9.17, 15) is 0 Å². The van der Waals surface area contributed by atoms with Crippen LogP contribution in [0.2, 0.25) is 0 Å². The van der Waals surface area contributed by atoms with Crippen LogP contribution in [0.15, 0.2) is 12.4 Å². The standard InChI is InChI=1S/C4H8N2.Li.H/c1-6-3-2-5-4-6;;/h2-3,5H,4H2,1H3;;. The number of hydrogen-bond acceptors (Lipinski definition) is 2. The molecule has 0 unspecified atom stereocenters. The summed E-state index contributed by atoms with van der Waals surface area (Å²) in [5.41, 5.74) is 0. The van der Waals surface area contributed by atoms with Gasteiger partial charge in [-0.1, -0.05) is 0 Å². The van der Waals surface area contributed by atoms with Crippen LogP contribution in [-0.2, 0) is 0 Å². The third-order valence-electron chi connectivity index (χ3n) is 0.788. The van der Waals surface area contributed by atoms with Crippen molar-refractivity contribution in [2.24, 2.45) is 0 Å². The van der Waals surface area contributed by atoms with E-state index in [1.165, 1.54) is 0 Å². The molecule has 1 aliphatic rings. The Morgan fingerprint density at radius 1 is 1.71 bits per heavy atom. The maximum absolute atomic E-state index is 3.02. The van der Waals surface area contributed by atoms with Crippen molar-refractivity contribution in [1.29, 1.82) is 0 Å². The van der Waals surface area contributed by atoms with Gasteiger partial charge in [0.25, 0.3) is 0 Å². The first-order valence-corrected chi connectivity index (χ1v) is 2.00. The Kier molecular flexibility index (Phi) is 2.98. The molecule has 7 heavy (non-hydrogen) atoms. The fourth-order valence-corrected chi connectivity index (χ4v) is 0.429. The van der Waals surface area contributed by atoms with E-state index >= 15 is 0 Å². The third-order valence-corrected chi connectivity index (χ3v) is 0.788. The van der Waals surface area contributed by atoms with E-state index in [0.717, 1.165) is 6.67 Å². The number of hydrogen-bond donors (Lipinski definition) is 1. The van der Waals surface area contributed by atoms with E-state index in [1.807, 2.05) is 19.4 Å². The van der Waals surface area contributed by atoms with Crippen molar-refractivity contribution in [2.75, 3.05) is 13.7 Å². The Morgan fingerprint density at radius 2 is 2.43 bits per heavy atom. The van der Waals surface area contributed by atoms with Crippen LogP contribution >= 0.6 is 0 Å². The molecule has 3 heteroatoms. The van der Waals surface area contributed by atoms with Crippen LogP contribution in [0.1, 0.15) is 0 Å². The van der Waals surface area contributed by atoms with E-state index in [-0.39, 0.29) is 18.9 Å². The Bertz CT molecular complexity index is 72.1. The van der Waals surface area contributed by atoms with Crippen LogP contribution in [0.25, 0.3) is 0 Å². The van der Waals surface area contributed by atoms with Gasteiger partial charge in [-0.3, -0.25) is 0 Å². The molecule has 1 heterocycles. The molecule has 0 fully saturated rings. The molecule has 1 aliphatic heterocycles. The molecule has 1 N–H and O–H groups in total. The van der Waals surface area contributed by atoms with Gasteiger partial charge in [0.05, 0.1) is 6.67 Å². The van der Waals surface area contributed by atoms with Crippen LogP contribution in [0, 0.1) is 0 Å². The van der Waals surface area contributed by atoms with Crippen molar-refractivity contribution in [3.63, 3.8) is 0 Å². The molecule has 0 radical (unpaired) electrons. The molecule has 0 amide bonds. The van der Waals surface area contributed by atoms with Crippen LogP contribution < -0.4 is 5.32 Å². The van der Waals surface area contributed by atoms with Gasteiger partial charge >= 0.3 is 18.9 Å². The van der Waals surface area contributed by atoms with E-state index in [1.54, 1.807) is 0 Å². The summed E-state index contributed by atoms with van der Waals surface area (Å²) in [6, 6.07) is 0. The molecule has 36 valence electrons. The second-order valence-corrected chi connectivity index (χ2v) is 1.43. The summed E-state index contributed by atoms with van der Waals surface area (Å²) in [5, 5.41) is 3.02. The van der Waals surface area contributed by atoms with Crippen LogP contribution in [0.3, 0.4) is 0 Å². The molecule has 0 saturated heterocycles. The van der Waals surface area contributed by atoms with E-state index in [0.29, 0.717) is 0 Å². The first-order chi connectivity index (χ1) is 2.89. The van der Waals surface area contributed by atoms with Gasteiger partial charge in [-0.15, -0.1) is 0 Å². The first-order valence-electron chi connectivity index (χ1n) is 2.00. The van der Waals surface area contributed by atoms with Crippen molar-refractivity contribution < 1.29 is 0 Å². The zero-order chi connectivity index (χ0) is 4.41. The maximum atomic E-state index is 3.02. The van der Waals surface area contributed by atoms with Crippen LogP contribution in [-0.4, -0.2) is 37.5 Å². The fourth-order valence-electron chi connectivity index (χ4n) is 0.429. The van der Waals surface area contributed by atoms with E-state index in [4.69, 9.17) is 0 Å². The van der Waals surface area contributed by atoms with Crippen molar-refractivity contribution in [3.05, 3.63) is 12.4 Å². The molecule has 0 aliphatic carbocycles. The third kappa shape index (κ3) is 1.91. The molecule has 0 aromatic heterocycles. The van der Waals surface area contributed by atoms with Gasteiger partial charge in [0.2, 0.25) is 0 Å². The van der Waals surface area contributed by atoms with Crippen molar-refractivity contribution >= 4 is 18.9 Å². The van der Waals surface area contributed by atoms with E-state index < -0.39 is 0 Å². The SMILES string of the molecule is CN1C=CNC1.[LiH]. The Balaban J connectivity index is 0.000000360. The Morgan fingerprint density at radius 3 is 2.57 bits per heavy atom. The van der Waals surface area contributed by atoms with Crippen LogP contribution in [0.4, 0.5) is 0 Å². The average molecular weight is 92.1 g/mol. The molecule has 0 atom stereocenters. The molecule has 0 aromatic rings. The summed E-state index contributed by atoms with van der Waals surface area (Å²) in [7, 11) is 2.02. The second kappa shape index (κ2) is 3.01. The van der Waals surface area contributed by atoms with Gasteiger partial charge in [-0.2, -0.15) is 0 Å². The summed E-state index contributed by atoms with van der Waals surface area (Å²) in [6.07, 6.45) is 3.93. The topological polar surface area (TPSA) is 15.3 Å². The predicted octanol–water partition coefficient (Wildman–Crippen LogP) is -0.698. The van der Waals surface area contributed by atoms with Gasteiger partial charge < -0.3 is 10.2 Å².